The second kappa shape index (κ2) is 7.97. The van der Waals surface area contributed by atoms with Gasteiger partial charge in [0.15, 0.2) is 6.04 Å². The minimum Gasteiger partial charge on any atom is -0.341 e. The fourth-order valence-corrected chi connectivity index (χ4v) is 2.79. The minimum atomic E-state index is -4.65. The van der Waals surface area contributed by atoms with Crippen molar-refractivity contribution in [3.8, 4) is 0 Å². The third-order valence-corrected chi connectivity index (χ3v) is 4.00. The van der Waals surface area contributed by atoms with Crippen LogP contribution in [0.2, 0.25) is 0 Å². The average molecular weight is 355 g/mol. The molecule has 1 aliphatic rings. The molecule has 3 nitrogen and oxygen atoms in total. The number of hydrogen-bond acceptors (Lipinski definition) is 2. The van der Waals surface area contributed by atoms with Gasteiger partial charge in [-0.3, -0.25) is 4.79 Å². The molecule has 0 heterocycles. The fourth-order valence-electron chi connectivity index (χ4n) is 2.79. The number of hydrogen-bond donors (Lipinski definition) is 2. The Hall–Kier alpha value is -1.34. The molecular weight excluding hydrogens is 336 g/mol. The molecule has 8 heteroatoms. The number of rotatable bonds is 4. The van der Waals surface area contributed by atoms with Gasteiger partial charge >= 0.3 is 6.18 Å². The summed E-state index contributed by atoms with van der Waals surface area (Å²) in [5, 5.41) is 2.00. The van der Waals surface area contributed by atoms with Crippen LogP contribution in [0.25, 0.3) is 0 Å². The van der Waals surface area contributed by atoms with E-state index in [1.165, 1.54) is 0 Å². The van der Waals surface area contributed by atoms with Gasteiger partial charge in [-0.15, -0.1) is 12.4 Å². The normalized spacial score (nSPS) is 22.3. The maximum absolute atomic E-state index is 13.1. The van der Waals surface area contributed by atoms with Crippen molar-refractivity contribution in [2.24, 2.45) is 11.7 Å². The molecule has 1 amide bonds. The molecule has 1 fully saturated rings. The van der Waals surface area contributed by atoms with Crippen molar-refractivity contribution in [2.75, 3.05) is 0 Å². The molecule has 0 spiro atoms. The highest BCUT2D eigenvalue weighted by Gasteiger charge is 2.42. The molecule has 1 aromatic carbocycles. The number of carbonyl (C=O) groups is 1. The summed E-state index contributed by atoms with van der Waals surface area (Å²) in [6.07, 6.45) is -2.24. The Morgan fingerprint density at radius 1 is 1.26 bits per heavy atom. The lowest BCUT2D eigenvalue weighted by atomic mass is 9.99. The van der Waals surface area contributed by atoms with Crippen LogP contribution in [0.3, 0.4) is 0 Å². The third kappa shape index (κ3) is 5.35. The Bertz CT molecular complexity index is 521. The van der Waals surface area contributed by atoms with Gasteiger partial charge in [0.25, 0.3) is 0 Å². The summed E-state index contributed by atoms with van der Waals surface area (Å²) in [5.74, 6) is -1.40. The standard InChI is InChI=1S/C15H18F4N2O.ClH/c16-11-6-4-9(5-7-11)14(15(17,18)19)21-13(22)8-10-2-1-3-12(10)20;/h4-7,10,12,14H,1-3,8,20H2,(H,21,22);1H/t10-,12+,14?;/m0./s1. The van der Waals surface area contributed by atoms with Crippen LogP contribution in [0.15, 0.2) is 24.3 Å². The van der Waals surface area contributed by atoms with Crippen LogP contribution >= 0.6 is 12.4 Å². The Balaban J connectivity index is 0.00000264. The highest BCUT2D eigenvalue weighted by Crippen LogP contribution is 2.33. The molecular formula is C15H19ClF4N2O. The predicted octanol–water partition coefficient (Wildman–Crippen LogP) is 3.48. The molecule has 1 saturated carbocycles. The molecule has 2 rings (SSSR count). The van der Waals surface area contributed by atoms with Crippen LogP contribution < -0.4 is 11.1 Å². The number of halogens is 5. The summed E-state index contributed by atoms with van der Waals surface area (Å²) >= 11 is 0. The van der Waals surface area contributed by atoms with Gasteiger partial charge in [-0.05, 0) is 36.5 Å². The van der Waals surface area contributed by atoms with Crippen molar-refractivity contribution in [1.82, 2.24) is 5.32 Å². The van der Waals surface area contributed by atoms with E-state index < -0.39 is 23.9 Å². The van der Waals surface area contributed by atoms with Gasteiger partial charge in [-0.2, -0.15) is 13.2 Å². The van der Waals surface area contributed by atoms with E-state index >= 15 is 0 Å². The lowest BCUT2D eigenvalue weighted by Crippen LogP contribution is -2.40. The molecule has 0 aliphatic heterocycles. The zero-order valence-corrected chi connectivity index (χ0v) is 13.1. The summed E-state index contributed by atoms with van der Waals surface area (Å²) in [6.45, 7) is 0. The first-order chi connectivity index (χ1) is 10.3. The van der Waals surface area contributed by atoms with Crippen LogP contribution in [-0.4, -0.2) is 18.1 Å². The minimum absolute atomic E-state index is 0. The molecule has 1 aliphatic carbocycles. The molecule has 130 valence electrons. The van der Waals surface area contributed by atoms with Crippen LogP contribution in [0, 0.1) is 11.7 Å². The highest BCUT2D eigenvalue weighted by atomic mass is 35.5. The summed E-state index contributed by atoms with van der Waals surface area (Å²) in [4.78, 5) is 11.9. The second-order valence-corrected chi connectivity index (χ2v) is 5.65. The van der Waals surface area contributed by atoms with Crippen molar-refractivity contribution < 1.29 is 22.4 Å². The van der Waals surface area contributed by atoms with Crippen molar-refractivity contribution in [2.45, 2.75) is 43.9 Å². The van der Waals surface area contributed by atoms with E-state index in [1.807, 2.05) is 5.32 Å². The number of nitrogens with one attached hydrogen (secondary N) is 1. The van der Waals surface area contributed by atoms with Gasteiger partial charge < -0.3 is 11.1 Å². The summed E-state index contributed by atoms with van der Waals surface area (Å²) < 4.78 is 52.2. The van der Waals surface area contributed by atoms with Crippen LogP contribution in [0.5, 0.6) is 0 Å². The molecule has 0 saturated heterocycles. The quantitative estimate of drug-likeness (QED) is 0.813. The van der Waals surface area contributed by atoms with E-state index in [2.05, 4.69) is 0 Å². The zero-order valence-electron chi connectivity index (χ0n) is 12.3. The summed E-state index contributed by atoms with van der Waals surface area (Å²) in [5.41, 5.74) is 5.63. The van der Waals surface area contributed by atoms with Crippen LogP contribution in [-0.2, 0) is 4.79 Å². The first kappa shape index (κ1) is 19.7. The molecule has 0 radical (unpaired) electrons. The second-order valence-electron chi connectivity index (χ2n) is 5.65. The van der Waals surface area contributed by atoms with Crippen molar-refractivity contribution >= 4 is 18.3 Å². The van der Waals surface area contributed by atoms with Gasteiger partial charge in [0.05, 0.1) is 0 Å². The van der Waals surface area contributed by atoms with E-state index in [0.717, 1.165) is 43.5 Å². The molecule has 3 N–H and O–H groups in total. The lowest BCUT2D eigenvalue weighted by Gasteiger charge is -2.23. The Morgan fingerprint density at radius 2 is 1.87 bits per heavy atom. The van der Waals surface area contributed by atoms with Gasteiger partial charge in [0.1, 0.15) is 5.82 Å². The van der Waals surface area contributed by atoms with E-state index in [-0.39, 0.29) is 36.4 Å². The number of amides is 1. The Kier molecular flexibility index (Phi) is 6.83. The molecule has 23 heavy (non-hydrogen) atoms. The van der Waals surface area contributed by atoms with Gasteiger partial charge in [0.2, 0.25) is 5.91 Å². The predicted molar refractivity (Wildman–Crippen MR) is 80.5 cm³/mol. The van der Waals surface area contributed by atoms with E-state index in [0.29, 0.717) is 0 Å². The maximum atomic E-state index is 13.1. The van der Waals surface area contributed by atoms with Gasteiger partial charge in [-0.1, -0.05) is 18.6 Å². The topological polar surface area (TPSA) is 55.1 Å². The molecule has 3 atom stereocenters. The first-order valence-electron chi connectivity index (χ1n) is 7.14. The average Bonchev–Trinajstić information content (AvgIpc) is 2.82. The van der Waals surface area contributed by atoms with E-state index in [1.54, 1.807) is 0 Å². The van der Waals surface area contributed by atoms with Crippen molar-refractivity contribution in [3.05, 3.63) is 35.6 Å². The van der Waals surface area contributed by atoms with Crippen molar-refractivity contribution in [1.29, 1.82) is 0 Å². The maximum Gasteiger partial charge on any atom is 0.412 e. The molecule has 0 bridgehead atoms. The molecule has 1 aromatic rings. The highest BCUT2D eigenvalue weighted by molar-refractivity contribution is 5.85. The first-order valence-corrected chi connectivity index (χ1v) is 7.14. The largest absolute Gasteiger partial charge is 0.412 e. The van der Waals surface area contributed by atoms with Crippen LogP contribution in [0.4, 0.5) is 17.6 Å². The number of alkyl halides is 3. The fraction of sp³-hybridized carbons (Fsp3) is 0.533. The summed E-state index contributed by atoms with van der Waals surface area (Å²) in [7, 11) is 0. The van der Waals surface area contributed by atoms with Gasteiger partial charge in [-0.25, -0.2) is 4.39 Å². The van der Waals surface area contributed by atoms with Crippen LogP contribution in [0.1, 0.15) is 37.3 Å². The van der Waals surface area contributed by atoms with E-state index in [4.69, 9.17) is 5.73 Å². The lowest BCUT2D eigenvalue weighted by molar-refractivity contribution is -0.163. The number of carbonyl (C=O) groups excluding carboxylic acids is 1. The monoisotopic (exact) mass is 354 g/mol. The van der Waals surface area contributed by atoms with Crippen molar-refractivity contribution in [3.63, 3.8) is 0 Å². The number of nitrogens with two attached hydrogens (primary N) is 1. The molecule has 0 aromatic heterocycles. The Labute approximate surface area is 138 Å². The van der Waals surface area contributed by atoms with Gasteiger partial charge in [0, 0.05) is 12.5 Å². The zero-order chi connectivity index (χ0) is 16.3. The third-order valence-electron chi connectivity index (χ3n) is 4.00. The number of benzene rings is 1. The Morgan fingerprint density at radius 3 is 2.35 bits per heavy atom. The van der Waals surface area contributed by atoms with E-state index in [9.17, 15) is 22.4 Å². The SMILES string of the molecule is Cl.N[C@@H]1CCC[C@H]1CC(=O)NC(c1ccc(F)cc1)C(F)(F)F. The smallest absolute Gasteiger partial charge is 0.341 e. The molecule has 1 unspecified atom stereocenters. The summed E-state index contributed by atoms with van der Waals surface area (Å²) in [6, 6.07) is 1.64.